The predicted molar refractivity (Wildman–Crippen MR) is 67.0 cm³/mol. The fourth-order valence-electron chi connectivity index (χ4n) is 1.87. The first-order chi connectivity index (χ1) is 7.69. The van der Waals surface area contributed by atoms with Gasteiger partial charge < -0.3 is 10.6 Å². The third-order valence-electron chi connectivity index (χ3n) is 2.74. The van der Waals surface area contributed by atoms with Crippen LogP contribution in [0.25, 0.3) is 0 Å². The number of aryl methyl sites for hydroxylation is 1. The summed E-state index contributed by atoms with van der Waals surface area (Å²) in [6, 6.07) is 4.03. The summed E-state index contributed by atoms with van der Waals surface area (Å²) >= 11 is 0. The fourth-order valence-corrected chi connectivity index (χ4v) is 2.92. The first-order valence-corrected chi connectivity index (χ1v) is 6.95. The zero-order valence-electron chi connectivity index (χ0n) is 9.48. The maximum atomic E-state index is 11.3. The Kier molecular flexibility index (Phi) is 3.56. The molecule has 5 heteroatoms. The molecule has 2 N–H and O–H groups in total. The van der Waals surface area contributed by atoms with E-state index < -0.39 is 10.8 Å². The van der Waals surface area contributed by atoms with Crippen molar-refractivity contribution in [2.75, 3.05) is 29.5 Å². The van der Waals surface area contributed by atoms with Crippen molar-refractivity contribution in [2.24, 2.45) is 5.73 Å². The summed E-state index contributed by atoms with van der Waals surface area (Å²) in [6.07, 6.45) is 0. The summed E-state index contributed by atoms with van der Waals surface area (Å²) in [5.41, 5.74) is 7.74. The molecule has 1 aromatic rings. The molecule has 0 radical (unpaired) electrons. The molecule has 0 unspecified atom stereocenters. The number of nitrogens with zero attached hydrogens (tertiary/aromatic N) is 2. The normalized spacial score (nSPS) is 17.8. The van der Waals surface area contributed by atoms with Crippen molar-refractivity contribution in [2.45, 2.75) is 13.5 Å². The first-order valence-electron chi connectivity index (χ1n) is 5.46. The predicted octanol–water partition coefficient (Wildman–Crippen LogP) is 0.417. The zero-order chi connectivity index (χ0) is 11.5. The van der Waals surface area contributed by atoms with Gasteiger partial charge in [0.1, 0.15) is 5.82 Å². The van der Waals surface area contributed by atoms with Gasteiger partial charge in [0.05, 0.1) is 0 Å². The molecule has 0 atom stereocenters. The third kappa shape index (κ3) is 2.59. The molecule has 88 valence electrons. The molecule has 0 spiro atoms. The van der Waals surface area contributed by atoms with Gasteiger partial charge in [-0.15, -0.1) is 0 Å². The van der Waals surface area contributed by atoms with Crippen LogP contribution in [-0.4, -0.2) is 33.8 Å². The highest BCUT2D eigenvalue weighted by Gasteiger charge is 2.16. The fraction of sp³-hybridized carbons (Fsp3) is 0.545. The van der Waals surface area contributed by atoms with Crippen LogP contribution in [0.2, 0.25) is 0 Å². The second kappa shape index (κ2) is 4.93. The number of aromatic nitrogens is 1. The third-order valence-corrected chi connectivity index (χ3v) is 4.01. The van der Waals surface area contributed by atoms with E-state index in [9.17, 15) is 4.21 Å². The van der Waals surface area contributed by atoms with Crippen molar-refractivity contribution in [3.63, 3.8) is 0 Å². The van der Waals surface area contributed by atoms with E-state index in [1.807, 2.05) is 19.1 Å². The van der Waals surface area contributed by atoms with Crippen LogP contribution >= 0.6 is 0 Å². The molecule has 1 saturated heterocycles. The highest BCUT2D eigenvalue weighted by Crippen LogP contribution is 2.16. The van der Waals surface area contributed by atoms with E-state index in [1.165, 1.54) is 0 Å². The van der Waals surface area contributed by atoms with Crippen molar-refractivity contribution in [1.82, 2.24) is 4.98 Å². The Hall–Kier alpha value is -0.940. The summed E-state index contributed by atoms with van der Waals surface area (Å²) in [5, 5.41) is 0. The molecule has 1 aromatic heterocycles. The molecule has 16 heavy (non-hydrogen) atoms. The minimum Gasteiger partial charge on any atom is -0.355 e. The lowest BCUT2D eigenvalue weighted by molar-refractivity contribution is 0.672. The van der Waals surface area contributed by atoms with Gasteiger partial charge in [-0.25, -0.2) is 4.98 Å². The monoisotopic (exact) mass is 239 g/mol. The van der Waals surface area contributed by atoms with Gasteiger partial charge in [-0.1, -0.05) is 0 Å². The molecule has 0 amide bonds. The number of rotatable bonds is 2. The number of hydrogen-bond acceptors (Lipinski definition) is 4. The summed E-state index contributed by atoms with van der Waals surface area (Å²) in [5.74, 6) is 2.46. The Labute approximate surface area is 98.3 Å². The molecule has 0 saturated carbocycles. The second-order valence-electron chi connectivity index (χ2n) is 4.01. The van der Waals surface area contributed by atoms with Crippen LogP contribution in [0.15, 0.2) is 12.1 Å². The molecule has 4 nitrogen and oxygen atoms in total. The van der Waals surface area contributed by atoms with Crippen LogP contribution < -0.4 is 10.6 Å². The minimum atomic E-state index is -0.641. The highest BCUT2D eigenvalue weighted by atomic mass is 32.2. The van der Waals surface area contributed by atoms with Crippen molar-refractivity contribution in [1.29, 1.82) is 0 Å². The van der Waals surface area contributed by atoms with Gasteiger partial charge in [-0.3, -0.25) is 4.21 Å². The maximum absolute atomic E-state index is 11.3. The summed E-state index contributed by atoms with van der Waals surface area (Å²) in [7, 11) is -0.641. The molecular formula is C11H17N3OS. The van der Waals surface area contributed by atoms with E-state index >= 15 is 0 Å². The smallest absolute Gasteiger partial charge is 0.129 e. The summed E-state index contributed by atoms with van der Waals surface area (Å²) in [6.45, 7) is 4.17. The molecule has 1 aliphatic heterocycles. The van der Waals surface area contributed by atoms with E-state index in [2.05, 4.69) is 9.88 Å². The maximum Gasteiger partial charge on any atom is 0.129 e. The largest absolute Gasteiger partial charge is 0.355 e. The van der Waals surface area contributed by atoms with Crippen molar-refractivity contribution >= 4 is 16.6 Å². The van der Waals surface area contributed by atoms with Gasteiger partial charge in [0.15, 0.2) is 0 Å². The molecule has 1 fully saturated rings. The van der Waals surface area contributed by atoms with Crippen LogP contribution in [0.5, 0.6) is 0 Å². The lowest BCUT2D eigenvalue weighted by Gasteiger charge is -2.27. The van der Waals surface area contributed by atoms with Gasteiger partial charge in [-0.05, 0) is 24.6 Å². The van der Waals surface area contributed by atoms with Gasteiger partial charge >= 0.3 is 0 Å². The van der Waals surface area contributed by atoms with E-state index in [0.717, 1.165) is 41.7 Å². The highest BCUT2D eigenvalue weighted by molar-refractivity contribution is 7.85. The molecule has 2 rings (SSSR count). The Morgan fingerprint density at radius 2 is 2.12 bits per heavy atom. The minimum absolute atomic E-state index is 0.538. The van der Waals surface area contributed by atoms with Gasteiger partial charge in [0, 0.05) is 47.6 Å². The van der Waals surface area contributed by atoms with Gasteiger partial charge in [0.2, 0.25) is 0 Å². The van der Waals surface area contributed by atoms with Crippen LogP contribution in [0.3, 0.4) is 0 Å². The van der Waals surface area contributed by atoms with Crippen molar-refractivity contribution < 1.29 is 4.21 Å². The van der Waals surface area contributed by atoms with Crippen molar-refractivity contribution in [3.8, 4) is 0 Å². The SMILES string of the molecule is Cc1cc(CN)cc(N2CCS(=O)CC2)n1. The number of hydrogen-bond donors (Lipinski definition) is 1. The van der Waals surface area contributed by atoms with E-state index in [1.54, 1.807) is 0 Å². The topological polar surface area (TPSA) is 59.2 Å². The summed E-state index contributed by atoms with van der Waals surface area (Å²) in [4.78, 5) is 6.69. The molecule has 2 heterocycles. The standard InChI is InChI=1S/C11H17N3OS/c1-9-6-10(8-12)7-11(13-9)14-2-4-16(15)5-3-14/h6-7H,2-5,8,12H2,1H3. The van der Waals surface area contributed by atoms with Crippen LogP contribution in [0, 0.1) is 6.92 Å². The Morgan fingerprint density at radius 1 is 1.44 bits per heavy atom. The Bertz CT molecular complexity index is 398. The second-order valence-corrected chi connectivity index (χ2v) is 5.71. The Morgan fingerprint density at radius 3 is 2.75 bits per heavy atom. The average Bonchev–Trinajstić information content (AvgIpc) is 2.29. The average molecular weight is 239 g/mol. The van der Waals surface area contributed by atoms with Crippen LogP contribution in [-0.2, 0) is 17.3 Å². The van der Waals surface area contributed by atoms with Crippen LogP contribution in [0.1, 0.15) is 11.3 Å². The lowest BCUT2D eigenvalue weighted by atomic mass is 10.2. The van der Waals surface area contributed by atoms with Crippen LogP contribution in [0.4, 0.5) is 5.82 Å². The van der Waals surface area contributed by atoms with E-state index in [0.29, 0.717) is 6.54 Å². The molecule has 0 bridgehead atoms. The molecule has 0 aliphatic carbocycles. The zero-order valence-corrected chi connectivity index (χ0v) is 10.3. The van der Waals surface area contributed by atoms with Crippen molar-refractivity contribution in [3.05, 3.63) is 23.4 Å². The molecule has 0 aromatic carbocycles. The van der Waals surface area contributed by atoms with Gasteiger partial charge in [-0.2, -0.15) is 0 Å². The number of pyridine rings is 1. The molecule has 1 aliphatic rings. The number of nitrogens with two attached hydrogens (primary N) is 1. The lowest BCUT2D eigenvalue weighted by Crippen LogP contribution is -2.38. The van der Waals surface area contributed by atoms with E-state index in [4.69, 9.17) is 5.73 Å². The first kappa shape index (κ1) is 11.5. The Balaban J connectivity index is 2.19. The van der Waals surface area contributed by atoms with E-state index in [-0.39, 0.29) is 0 Å². The number of anilines is 1. The summed E-state index contributed by atoms with van der Waals surface area (Å²) < 4.78 is 11.3. The quantitative estimate of drug-likeness (QED) is 0.812. The molecular weight excluding hydrogens is 222 g/mol. The van der Waals surface area contributed by atoms with Gasteiger partial charge in [0.25, 0.3) is 0 Å².